The molecule has 0 aromatic heterocycles. The molecule has 2 aliphatic heterocycles. The van der Waals surface area contributed by atoms with E-state index < -0.39 is 11.6 Å². The molecular weight excluding hydrogens is 324 g/mol. The Balaban J connectivity index is 1.47. The highest BCUT2D eigenvalue weighted by Gasteiger charge is 2.26. The number of carbonyl (C=O) groups is 1. The molecule has 0 radical (unpaired) electrons. The van der Waals surface area contributed by atoms with Crippen LogP contribution in [-0.4, -0.2) is 65.9 Å². The van der Waals surface area contributed by atoms with Crippen molar-refractivity contribution in [2.75, 3.05) is 39.3 Å². The van der Waals surface area contributed by atoms with Crippen molar-refractivity contribution >= 4 is 5.91 Å². The van der Waals surface area contributed by atoms with Crippen LogP contribution in [-0.2, 0) is 11.3 Å². The molecule has 2 fully saturated rings. The van der Waals surface area contributed by atoms with E-state index in [4.69, 9.17) is 0 Å². The number of hydrogen-bond acceptors (Lipinski definition) is 3. The quantitative estimate of drug-likeness (QED) is 0.834. The van der Waals surface area contributed by atoms with Crippen molar-refractivity contribution in [1.29, 1.82) is 0 Å². The van der Waals surface area contributed by atoms with Gasteiger partial charge in [-0.1, -0.05) is 12.1 Å². The summed E-state index contributed by atoms with van der Waals surface area (Å²) in [7, 11) is 0. The molecule has 0 bridgehead atoms. The number of halogens is 2. The second-order valence-corrected chi connectivity index (χ2v) is 7.20. The molecule has 1 amide bonds. The summed E-state index contributed by atoms with van der Waals surface area (Å²) in [4.78, 5) is 18.8. The zero-order valence-corrected chi connectivity index (χ0v) is 14.9. The highest BCUT2D eigenvalue weighted by molar-refractivity contribution is 5.78. The maximum Gasteiger partial charge on any atom is 0.236 e. The van der Waals surface area contributed by atoms with Gasteiger partial charge in [0.2, 0.25) is 5.91 Å². The first-order chi connectivity index (χ1) is 12.0. The van der Waals surface area contributed by atoms with Gasteiger partial charge in [-0.2, -0.15) is 0 Å². The topological polar surface area (TPSA) is 26.8 Å². The van der Waals surface area contributed by atoms with Crippen LogP contribution in [0.25, 0.3) is 0 Å². The van der Waals surface area contributed by atoms with Crippen molar-refractivity contribution in [2.45, 2.75) is 38.8 Å². The number of amides is 1. The van der Waals surface area contributed by atoms with Gasteiger partial charge in [-0.25, -0.2) is 8.78 Å². The second kappa shape index (κ2) is 8.23. The predicted octanol–water partition coefficient (Wildman–Crippen LogP) is 2.48. The Morgan fingerprint density at radius 3 is 2.52 bits per heavy atom. The zero-order chi connectivity index (χ0) is 17.8. The van der Waals surface area contributed by atoms with Gasteiger partial charge in [-0.3, -0.25) is 14.6 Å². The Morgan fingerprint density at radius 2 is 1.80 bits per heavy atom. The van der Waals surface area contributed by atoms with Crippen molar-refractivity contribution in [2.24, 2.45) is 0 Å². The molecule has 1 aromatic carbocycles. The SMILES string of the molecule is CC1CCCCN1C(=O)CN1CCN(Cc2cccc(F)c2F)CC1. The lowest BCUT2D eigenvalue weighted by Gasteiger charge is -2.38. The first kappa shape index (κ1) is 18.3. The van der Waals surface area contributed by atoms with Crippen molar-refractivity contribution in [3.05, 3.63) is 35.4 Å². The summed E-state index contributed by atoms with van der Waals surface area (Å²) in [6.07, 6.45) is 3.40. The van der Waals surface area contributed by atoms with E-state index in [9.17, 15) is 13.6 Å². The lowest BCUT2D eigenvalue weighted by molar-refractivity contribution is -0.136. The van der Waals surface area contributed by atoms with E-state index >= 15 is 0 Å². The van der Waals surface area contributed by atoms with Gasteiger partial charge in [0.1, 0.15) is 0 Å². The molecule has 138 valence electrons. The van der Waals surface area contributed by atoms with Gasteiger partial charge in [-0.05, 0) is 32.3 Å². The third-order valence-electron chi connectivity index (χ3n) is 5.37. The van der Waals surface area contributed by atoms with Crippen LogP contribution in [0.4, 0.5) is 8.78 Å². The average Bonchev–Trinajstić information content (AvgIpc) is 2.61. The molecule has 25 heavy (non-hydrogen) atoms. The summed E-state index contributed by atoms with van der Waals surface area (Å²) in [6.45, 7) is 6.97. The monoisotopic (exact) mass is 351 g/mol. The minimum absolute atomic E-state index is 0.219. The number of benzene rings is 1. The molecule has 4 nitrogen and oxygen atoms in total. The van der Waals surface area contributed by atoms with Crippen LogP contribution in [0.3, 0.4) is 0 Å². The molecule has 0 aliphatic carbocycles. The zero-order valence-electron chi connectivity index (χ0n) is 14.9. The summed E-state index contributed by atoms with van der Waals surface area (Å²) in [5.74, 6) is -1.33. The standard InChI is InChI=1S/C19H27F2N3O/c1-15-5-2-3-8-24(15)18(25)14-23-11-9-22(10-12-23)13-16-6-4-7-17(20)19(16)21/h4,6-7,15H,2-3,5,8-14H2,1H3. The molecule has 1 unspecified atom stereocenters. The van der Waals surface area contributed by atoms with Crippen LogP contribution in [0.5, 0.6) is 0 Å². The molecule has 0 spiro atoms. The van der Waals surface area contributed by atoms with Crippen LogP contribution in [0.15, 0.2) is 18.2 Å². The van der Waals surface area contributed by atoms with Crippen molar-refractivity contribution < 1.29 is 13.6 Å². The number of rotatable bonds is 4. The fourth-order valence-electron chi connectivity index (χ4n) is 3.77. The third kappa shape index (κ3) is 4.55. The van der Waals surface area contributed by atoms with E-state index in [0.29, 0.717) is 24.7 Å². The normalized spacial score (nSPS) is 23.0. The van der Waals surface area contributed by atoms with E-state index in [1.807, 2.05) is 4.90 Å². The first-order valence-electron chi connectivity index (χ1n) is 9.21. The van der Waals surface area contributed by atoms with Crippen molar-refractivity contribution in [3.63, 3.8) is 0 Å². The minimum atomic E-state index is -0.794. The van der Waals surface area contributed by atoms with E-state index in [1.54, 1.807) is 12.1 Å². The van der Waals surface area contributed by atoms with Crippen LogP contribution < -0.4 is 0 Å². The van der Waals surface area contributed by atoms with Gasteiger partial charge in [0.25, 0.3) is 0 Å². The summed E-state index contributed by atoms with van der Waals surface area (Å²) in [5.41, 5.74) is 0.395. The van der Waals surface area contributed by atoms with E-state index in [2.05, 4.69) is 16.7 Å². The fraction of sp³-hybridized carbons (Fsp3) is 0.632. The molecule has 0 N–H and O–H groups in total. The van der Waals surface area contributed by atoms with Gasteiger partial charge in [-0.15, -0.1) is 0 Å². The number of carbonyl (C=O) groups excluding carboxylic acids is 1. The van der Waals surface area contributed by atoms with Gasteiger partial charge in [0.05, 0.1) is 6.54 Å². The van der Waals surface area contributed by atoms with Crippen molar-refractivity contribution in [1.82, 2.24) is 14.7 Å². The Morgan fingerprint density at radius 1 is 1.08 bits per heavy atom. The Labute approximate surface area is 148 Å². The molecule has 2 aliphatic rings. The van der Waals surface area contributed by atoms with Crippen LogP contribution in [0.2, 0.25) is 0 Å². The molecule has 1 aromatic rings. The molecule has 0 saturated carbocycles. The van der Waals surface area contributed by atoms with Crippen LogP contribution in [0.1, 0.15) is 31.7 Å². The molecule has 2 heterocycles. The fourth-order valence-corrected chi connectivity index (χ4v) is 3.77. The maximum atomic E-state index is 13.8. The summed E-state index contributed by atoms with van der Waals surface area (Å²) in [5, 5.41) is 0. The smallest absolute Gasteiger partial charge is 0.236 e. The maximum absolute atomic E-state index is 13.8. The first-order valence-corrected chi connectivity index (χ1v) is 9.21. The predicted molar refractivity (Wildman–Crippen MR) is 93.1 cm³/mol. The van der Waals surface area contributed by atoms with E-state index in [1.165, 1.54) is 6.42 Å². The number of piperazine rings is 1. The Kier molecular flexibility index (Phi) is 6.02. The Hall–Kier alpha value is -1.53. The van der Waals surface area contributed by atoms with E-state index in [-0.39, 0.29) is 5.91 Å². The molecule has 3 rings (SSSR count). The van der Waals surface area contributed by atoms with Gasteiger partial charge < -0.3 is 4.90 Å². The summed E-state index contributed by atoms with van der Waals surface area (Å²) in [6, 6.07) is 4.66. The van der Waals surface area contributed by atoms with Crippen LogP contribution >= 0.6 is 0 Å². The van der Waals surface area contributed by atoms with Gasteiger partial charge in [0, 0.05) is 50.9 Å². The van der Waals surface area contributed by atoms with Gasteiger partial charge in [0.15, 0.2) is 11.6 Å². The van der Waals surface area contributed by atoms with E-state index in [0.717, 1.165) is 51.6 Å². The number of likely N-dealkylation sites (tertiary alicyclic amines) is 1. The molecule has 1 atom stereocenters. The van der Waals surface area contributed by atoms with Gasteiger partial charge >= 0.3 is 0 Å². The average molecular weight is 351 g/mol. The lowest BCUT2D eigenvalue weighted by atomic mass is 10.0. The minimum Gasteiger partial charge on any atom is -0.339 e. The molecule has 6 heteroatoms. The lowest BCUT2D eigenvalue weighted by Crippen LogP contribution is -2.51. The summed E-state index contributed by atoms with van der Waals surface area (Å²) >= 11 is 0. The van der Waals surface area contributed by atoms with Crippen LogP contribution in [0, 0.1) is 11.6 Å². The largest absolute Gasteiger partial charge is 0.339 e. The highest BCUT2D eigenvalue weighted by atomic mass is 19.2. The molecular formula is C19H27F2N3O. The molecule has 2 saturated heterocycles. The highest BCUT2D eigenvalue weighted by Crippen LogP contribution is 2.18. The van der Waals surface area contributed by atoms with Crippen molar-refractivity contribution in [3.8, 4) is 0 Å². The summed E-state index contributed by atoms with van der Waals surface area (Å²) < 4.78 is 27.1. The third-order valence-corrected chi connectivity index (χ3v) is 5.37. The Bertz CT molecular complexity index is 602. The number of nitrogens with zero attached hydrogens (tertiary/aromatic N) is 3. The number of piperidine rings is 1. The number of hydrogen-bond donors (Lipinski definition) is 0. The second-order valence-electron chi connectivity index (χ2n) is 7.20.